The van der Waals surface area contributed by atoms with E-state index in [1.807, 2.05) is 6.07 Å². The Bertz CT molecular complexity index is 579. The first-order valence-electron chi connectivity index (χ1n) is 10.3. The van der Waals surface area contributed by atoms with Crippen LogP contribution in [0, 0.1) is 0 Å². The van der Waals surface area contributed by atoms with Gasteiger partial charge in [-0.1, -0.05) is 81.5 Å². The van der Waals surface area contributed by atoms with E-state index in [4.69, 9.17) is 4.74 Å². The summed E-state index contributed by atoms with van der Waals surface area (Å²) in [4.78, 5) is 0. The van der Waals surface area contributed by atoms with Crippen molar-refractivity contribution in [1.29, 1.82) is 0 Å². The van der Waals surface area contributed by atoms with E-state index < -0.39 is 0 Å². The average molecular weight is 354 g/mol. The molecule has 2 heteroatoms. The van der Waals surface area contributed by atoms with E-state index in [2.05, 4.69) is 67.7 Å². The molecule has 0 bridgehead atoms. The minimum absolute atomic E-state index is 0.393. The molecule has 0 radical (unpaired) electrons. The Labute approximate surface area is 160 Å². The lowest BCUT2D eigenvalue weighted by Gasteiger charge is -2.15. The lowest BCUT2D eigenvalue weighted by Crippen LogP contribution is -2.19. The van der Waals surface area contributed by atoms with Crippen LogP contribution in [-0.2, 0) is 6.42 Å². The zero-order valence-electron chi connectivity index (χ0n) is 16.5. The second-order valence-electron chi connectivity index (χ2n) is 7.10. The van der Waals surface area contributed by atoms with Gasteiger partial charge in [-0.05, 0) is 43.1 Å². The summed E-state index contributed by atoms with van der Waals surface area (Å²) in [7, 11) is 0. The highest BCUT2D eigenvalue weighted by Gasteiger charge is 2.04. The number of rotatable bonds is 13. The predicted molar refractivity (Wildman–Crippen MR) is 112 cm³/mol. The molecule has 2 nitrogen and oxygen atoms in total. The van der Waals surface area contributed by atoms with E-state index in [0.717, 1.165) is 25.3 Å². The Kier molecular flexibility index (Phi) is 9.89. The summed E-state index contributed by atoms with van der Waals surface area (Å²) >= 11 is 0. The molecule has 0 aliphatic heterocycles. The van der Waals surface area contributed by atoms with Crippen LogP contribution in [0.2, 0.25) is 0 Å². The third-order valence-electron chi connectivity index (χ3n) is 4.86. The number of ether oxygens (including phenoxy) is 1. The van der Waals surface area contributed by atoms with Crippen LogP contribution in [0.3, 0.4) is 0 Å². The highest BCUT2D eigenvalue weighted by molar-refractivity contribution is 5.29. The molecule has 0 aliphatic carbocycles. The monoisotopic (exact) mass is 353 g/mol. The van der Waals surface area contributed by atoms with Gasteiger partial charge in [-0.15, -0.1) is 0 Å². The second kappa shape index (κ2) is 12.5. The molecule has 0 saturated heterocycles. The topological polar surface area (TPSA) is 21.3 Å². The Hall–Kier alpha value is -1.80. The molecule has 2 aromatic carbocycles. The van der Waals surface area contributed by atoms with Gasteiger partial charge in [-0.2, -0.15) is 0 Å². The molecule has 0 aromatic heterocycles. The molecule has 1 unspecified atom stereocenters. The van der Waals surface area contributed by atoms with Crippen molar-refractivity contribution in [2.45, 2.75) is 64.8 Å². The van der Waals surface area contributed by atoms with E-state index in [1.165, 1.54) is 49.7 Å². The zero-order chi connectivity index (χ0) is 18.5. The summed E-state index contributed by atoms with van der Waals surface area (Å²) in [5.41, 5.74) is 2.64. The Morgan fingerprint density at radius 2 is 1.54 bits per heavy atom. The third-order valence-corrected chi connectivity index (χ3v) is 4.86. The van der Waals surface area contributed by atoms with Crippen LogP contribution in [0.4, 0.5) is 0 Å². The first kappa shape index (κ1) is 20.5. The smallest absolute Gasteiger partial charge is 0.119 e. The van der Waals surface area contributed by atoms with Gasteiger partial charge in [0.15, 0.2) is 0 Å². The van der Waals surface area contributed by atoms with Gasteiger partial charge in [0.2, 0.25) is 0 Å². The number of hydrogen-bond donors (Lipinski definition) is 1. The lowest BCUT2D eigenvalue weighted by molar-refractivity contribution is 0.322. The van der Waals surface area contributed by atoms with Gasteiger partial charge in [0.1, 0.15) is 5.75 Å². The molecule has 0 amide bonds. The standard InChI is InChI=1S/C24H35NO/c1-3-4-5-6-7-11-19-25-21(2)23-14-16-24(17-15-23)26-20-18-22-12-9-8-10-13-22/h8-10,12-17,21,25H,3-7,11,18-20H2,1-2H3. The van der Waals surface area contributed by atoms with E-state index in [0.29, 0.717) is 6.04 Å². The number of nitrogens with one attached hydrogen (secondary N) is 1. The SMILES string of the molecule is CCCCCCCCNC(C)c1ccc(OCCc2ccccc2)cc1. The summed E-state index contributed by atoms with van der Waals surface area (Å²) in [6, 6.07) is 19.4. The summed E-state index contributed by atoms with van der Waals surface area (Å²) in [5, 5.41) is 3.63. The molecule has 0 spiro atoms. The normalized spacial score (nSPS) is 12.1. The van der Waals surface area contributed by atoms with Crippen molar-refractivity contribution in [2.24, 2.45) is 0 Å². The van der Waals surface area contributed by atoms with Crippen molar-refractivity contribution in [3.63, 3.8) is 0 Å². The Balaban J connectivity index is 1.62. The molecule has 1 atom stereocenters. The fourth-order valence-electron chi connectivity index (χ4n) is 3.13. The van der Waals surface area contributed by atoms with Gasteiger partial charge in [0, 0.05) is 12.5 Å². The highest BCUT2D eigenvalue weighted by Crippen LogP contribution is 2.18. The van der Waals surface area contributed by atoms with Crippen LogP contribution >= 0.6 is 0 Å². The maximum Gasteiger partial charge on any atom is 0.119 e. The first-order valence-corrected chi connectivity index (χ1v) is 10.3. The molecular formula is C24H35NO. The predicted octanol–water partition coefficient (Wildman–Crippen LogP) is 6.32. The van der Waals surface area contributed by atoms with Crippen molar-refractivity contribution >= 4 is 0 Å². The van der Waals surface area contributed by atoms with Crippen molar-refractivity contribution in [1.82, 2.24) is 5.32 Å². The van der Waals surface area contributed by atoms with Gasteiger partial charge in [0.05, 0.1) is 6.61 Å². The van der Waals surface area contributed by atoms with Crippen molar-refractivity contribution in [3.8, 4) is 5.75 Å². The second-order valence-corrected chi connectivity index (χ2v) is 7.10. The van der Waals surface area contributed by atoms with E-state index in [-0.39, 0.29) is 0 Å². The van der Waals surface area contributed by atoms with Crippen molar-refractivity contribution in [2.75, 3.05) is 13.2 Å². The van der Waals surface area contributed by atoms with E-state index in [1.54, 1.807) is 0 Å². The maximum atomic E-state index is 5.87. The minimum Gasteiger partial charge on any atom is -0.493 e. The molecule has 1 N–H and O–H groups in total. The number of unbranched alkanes of at least 4 members (excludes halogenated alkanes) is 5. The van der Waals surface area contributed by atoms with Gasteiger partial charge in [0.25, 0.3) is 0 Å². The summed E-state index contributed by atoms with van der Waals surface area (Å²) in [6.07, 6.45) is 9.02. The number of hydrogen-bond acceptors (Lipinski definition) is 2. The maximum absolute atomic E-state index is 5.87. The molecule has 0 fully saturated rings. The summed E-state index contributed by atoms with van der Waals surface area (Å²) in [6.45, 7) is 6.32. The summed E-state index contributed by atoms with van der Waals surface area (Å²) < 4.78 is 5.87. The molecule has 2 rings (SSSR count). The number of benzene rings is 2. The summed E-state index contributed by atoms with van der Waals surface area (Å²) in [5.74, 6) is 0.952. The van der Waals surface area contributed by atoms with Crippen LogP contribution in [0.5, 0.6) is 5.75 Å². The van der Waals surface area contributed by atoms with Crippen LogP contribution < -0.4 is 10.1 Å². The van der Waals surface area contributed by atoms with Gasteiger partial charge < -0.3 is 10.1 Å². The Morgan fingerprint density at radius 1 is 0.846 bits per heavy atom. The molecule has 0 heterocycles. The van der Waals surface area contributed by atoms with Crippen molar-refractivity contribution < 1.29 is 4.74 Å². The fourth-order valence-corrected chi connectivity index (χ4v) is 3.13. The van der Waals surface area contributed by atoms with Crippen LogP contribution in [-0.4, -0.2) is 13.2 Å². The van der Waals surface area contributed by atoms with Gasteiger partial charge >= 0.3 is 0 Å². The van der Waals surface area contributed by atoms with Crippen LogP contribution in [0.1, 0.15) is 69.5 Å². The molecule has 0 aliphatic rings. The van der Waals surface area contributed by atoms with Gasteiger partial charge in [-0.3, -0.25) is 0 Å². The molecule has 0 saturated carbocycles. The fraction of sp³-hybridized carbons (Fsp3) is 0.500. The zero-order valence-corrected chi connectivity index (χ0v) is 16.5. The first-order chi connectivity index (χ1) is 12.8. The molecular weight excluding hydrogens is 318 g/mol. The quantitative estimate of drug-likeness (QED) is 0.425. The van der Waals surface area contributed by atoms with E-state index in [9.17, 15) is 0 Å². The highest BCUT2D eigenvalue weighted by atomic mass is 16.5. The Morgan fingerprint density at radius 3 is 2.27 bits per heavy atom. The molecule has 142 valence electrons. The third kappa shape index (κ3) is 8.05. The molecule has 26 heavy (non-hydrogen) atoms. The van der Waals surface area contributed by atoms with Gasteiger partial charge in [-0.25, -0.2) is 0 Å². The largest absolute Gasteiger partial charge is 0.493 e. The van der Waals surface area contributed by atoms with Crippen LogP contribution in [0.15, 0.2) is 54.6 Å². The van der Waals surface area contributed by atoms with Crippen molar-refractivity contribution in [3.05, 3.63) is 65.7 Å². The van der Waals surface area contributed by atoms with E-state index >= 15 is 0 Å². The lowest BCUT2D eigenvalue weighted by atomic mass is 10.1. The van der Waals surface area contributed by atoms with Crippen LogP contribution in [0.25, 0.3) is 0 Å². The molecule has 2 aromatic rings. The minimum atomic E-state index is 0.393. The average Bonchev–Trinajstić information content (AvgIpc) is 2.68.